The summed E-state index contributed by atoms with van der Waals surface area (Å²) in [5.74, 6) is 0. The number of nitrogens with zero attached hydrogens (tertiary/aromatic N) is 2. The van der Waals surface area contributed by atoms with Crippen LogP contribution in [0.2, 0.25) is 0 Å². The minimum atomic E-state index is 0.983. The zero-order chi connectivity index (χ0) is 6.20. The van der Waals surface area contributed by atoms with Crippen molar-refractivity contribution in [1.29, 1.82) is 0 Å². The summed E-state index contributed by atoms with van der Waals surface area (Å²) in [4.78, 5) is 2.18. The van der Waals surface area contributed by atoms with E-state index < -0.39 is 0 Å². The fourth-order valence-electron chi connectivity index (χ4n) is 0.963. The molecular weight excluding hydrogens is 100 g/mol. The first-order valence-electron chi connectivity index (χ1n) is 2.82. The van der Waals surface area contributed by atoms with Crippen LogP contribution in [0.15, 0.2) is 12.4 Å². The molecule has 0 atom stereocenters. The first-order chi connectivity index (χ1) is 3.60. The van der Waals surface area contributed by atoms with E-state index in [1.54, 1.807) is 0 Å². The largest absolute Gasteiger partial charge is 0.329 e. The van der Waals surface area contributed by atoms with E-state index in [-0.39, 0.29) is 0 Å². The standard InChI is InChI=1S/C6H13N2/c1-7-4-5-8(2,3)6-7/h4-5H,6H2,1-3H3/q+1. The highest BCUT2D eigenvalue weighted by Crippen LogP contribution is 2.07. The van der Waals surface area contributed by atoms with Gasteiger partial charge in [-0.25, -0.2) is 0 Å². The molecule has 2 nitrogen and oxygen atoms in total. The third-order valence-corrected chi connectivity index (χ3v) is 1.31. The van der Waals surface area contributed by atoms with Gasteiger partial charge in [-0.3, -0.25) is 4.48 Å². The van der Waals surface area contributed by atoms with Crippen molar-refractivity contribution < 1.29 is 4.48 Å². The van der Waals surface area contributed by atoms with Crippen LogP contribution in [0, 0.1) is 0 Å². The van der Waals surface area contributed by atoms with Crippen molar-refractivity contribution in [2.24, 2.45) is 0 Å². The van der Waals surface area contributed by atoms with Gasteiger partial charge in [-0.05, 0) is 0 Å². The molecule has 0 amide bonds. The summed E-state index contributed by atoms with van der Waals surface area (Å²) < 4.78 is 0.983. The summed E-state index contributed by atoms with van der Waals surface area (Å²) in [5, 5.41) is 0. The van der Waals surface area contributed by atoms with E-state index in [0.717, 1.165) is 11.2 Å². The van der Waals surface area contributed by atoms with Crippen LogP contribution in [-0.2, 0) is 0 Å². The zero-order valence-electron chi connectivity index (χ0n) is 5.76. The van der Waals surface area contributed by atoms with Crippen molar-refractivity contribution in [3.63, 3.8) is 0 Å². The number of hydrogen-bond acceptors (Lipinski definition) is 1. The Labute approximate surface area is 50.6 Å². The highest BCUT2D eigenvalue weighted by atomic mass is 15.4. The lowest BCUT2D eigenvalue weighted by atomic mass is 10.7. The normalized spacial score (nSPS) is 24.6. The van der Waals surface area contributed by atoms with Gasteiger partial charge in [-0.15, -0.1) is 0 Å². The molecule has 2 heteroatoms. The molecule has 0 radical (unpaired) electrons. The molecule has 0 saturated carbocycles. The molecule has 0 N–H and O–H groups in total. The van der Waals surface area contributed by atoms with Crippen LogP contribution in [0.1, 0.15) is 0 Å². The Kier molecular flexibility index (Phi) is 1.05. The molecule has 0 bridgehead atoms. The summed E-state index contributed by atoms with van der Waals surface area (Å²) in [6.45, 7) is 1.10. The van der Waals surface area contributed by atoms with Crippen LogP contribution < -0.4 is 0 Å². The molecule has 0 aromatic heterocycles. The Hall–Kier alpha value is -0.500. The molecule has 0 unspecified atom stereocenters. The van der Waals surface area contributed by atoms with Crippen LogP contribution in [0.5, 0.6) is 0 Å². The molecule has 0 fully saturated rings. The van der Waals surface area contributed by atoms with Gasteiger partial charge >= 0.3 is 0 Å². The Morgan fingerprint density at radius 1 is 1.50 bits per heavy atom. The molecule has 46 valence electrons. The maximum atomic E-state index is 2.18. The molecule has 0 spiro atoms. The Balaban J connectivity index is 2.58. The fourth-order valence-corrected chi connectivity index (χ4v) is 0.963. The maximum absolute atomic E-state index is 2.18. The average molecular weight is 113 g/mol. The minimum Gasteiger partial charge on any atom is -0.329 e. The third kappa shape index (κ3) is 1.01. The van der Waals surface area contributed by atoms with Gasteiger partial charge < -0.3 is 4.90 Å². The van der Waals surface area contributed by atoms with Crippen molar-refractivity contribution in [2.45, 2.75) is 0 Å². The molecule has 8 heavy (non-hydrogen) atoms. The summed E-state index contributed by atoms with van der Waals surface area (Å²) in [6, 6.07) is 0. The smallest absolute Gasteiger partial charge is 0.157 e. The Bertz CT molecular complexity index is 116. The number of hydrogen-bond donors (Lipinski definition) is 0. The second kappa shape index (κ2) is 1.49. The average Bonchev–Trinajstić information content (AvgIpc) is 1.82. The van der Waals surface area contributed by atoms with E-state index in [1.165, 1.54) is 0 Å². The van der Waals surface area contributed by atoms with E-state index in [0.29, 0.717) is 0 Å². The highest BCUT2D eigenvalue weighted by molar-refractivity contribution is 4.76. The number of rotatable bonds is 0. The predicted octanol–water partition coefficient (Wildman–Crippen LogP) is 0.437. The van der Waals surface area contributed by atoms with Crippen LogP contribution in [0.4, 0.5) is 0 Å². The van der Waals surface area contributed by atoms with Gasteiger partial charge in [-0.1, -0.05) is 0 Å². The quantitative estimate of drug-likeness (QED) is 0.412. The predicted molar refractivity (Wildman–Crippen MR) is 33.9 cm³/mol. The van der Waals surface area contributed by atoms with E-state index in [2.05, 4.69) is 38.4 Å². The van der Waals surface area contributed by atoms with Crippen LogP contribution in [0.3, 0.4) is 0 Å². The molecule has 0 aliphatic carbocycles. The molecular formula is C6H13N2+. The summed E-state index contributed by atoms with van der Waals surface area (Å²) >= 11 is 0. The monoisotopic (exact) mass is 113 g/mol. The van der Waals surface area contributed by atoms with Crippen molar-refractivity contribution in [3.05, 3.63) is 12.4 Å². The molecule has 0 aromatic rings. The molecule has 1 aliphatic rings. The fraction of sp³-hybridized carbons (Fsp3) is 0.667. The molecule has 0 aromatic carbocycles. The topological polar surface area (TPSA) is 3.24 Å². The Morgan fingerprint density at radius 3 is 2.25 bits per heavy atom. The van der Waals surface area contributed by atoms with Crippen molar-refractivity contribution >= 4 is 0 Å². The van der Waals surface area contributed by atoms with Gasteiger partial charge in [0.25, 0.3) is 0 Å². The van der Waals surface area contributed by atoms with E-state index in [9.17, 15) is 0 Å². The van der Waals surface area contributed by atoms with Crippen molar-refractivity contribution in [1.82, 2.24) is 4.90 Å². The zero-order valence-corrected chi connectivity index (χ0v) is 5.76. The molecule has 1 heterocycles. The first-order valence-corrected chi connectivity index (χ1v) is 2.82. The van der Waals surface area contributed by atoms with Gasteiger partial charge in [0, 0.05) is 7.05 Å². The molecule has 0 saturated heterocycles. The second-order valence-electron chi connectivity index (χ2n) is 2.98. The summed E-state index contributed by atoms with van der Waals surface area (Å²) in [7, 11) is 6.45. The van der Waals surface area contributed by atoms with Crippen LogP contribution >= 0.6 is 0 Å². The van der Waals surface area contributed by atoms with Crippen molar-refractivity contribution in [3.8, 4) is 0 Å². The summed E-state index contributed by atoms with van der Waals surface area (Å²) in [6.07, 6.45) is 4.29. The van der Waals surface area contributed by atoms with Crippen molar-refractivity contribution in [2.75, 3.05) is 27.8 Å². The summed E-state index contributed by atoms with van der Waals surface area (Å²) in [5.41, 5.74) is 0. The Morgan fingerprint density at radius 2 is 2.12 bits per heavy atom. The van der Waals surface area contributed by atoms with E-state index >= 15 is 0 Å². The van der Waals surface area contributed by atoms with E-state index in [4.69, 9.17) is 0 Å². The lowest BCUT2D eigenvalue weighted by Crippen LogP contribution is -2.35. The van der Waals surface area contributed by atoms with Gasteiger partial charge in [0.2, 0.25) is 0 Å². The second-order valence-corrected chi connectivity index (χ2v) is 2.98. The van der Waals surface area contributed by atoms with E-state index in [1.807, 2.05) is 0 Å². The highest BCUT2D eigenvalue weighted by Gasteiger charge is 2.18. The van der Waals surface area contributed by atoms with Crippen LogP contribution in [0.25, 0.3) is 0 Å². The lowest BCUT2D eigenvalue weighted by Gasteiger charge is -2.21. The first kappa shape index (κ1) is 5.63. The molecule has 1 aliphatic heterocycles. The maximum Gasteiger partial charge on any atom is 0.157 e. The van der Waals surface area contributed by atoms with Gasteiger partial charge in [0.05, 0.1) is 20.3 Å². The van der Waals surface area contributed by atoms with Gasteiger partial charge in [0.15, 0.2) is 6.67 Å². The van der Waals surface area contributed by atoms with Gasteiger partial charge in [-0.2, -0.15) is 0 Å². The third-order valence-electron chi connectivity index (χ3n) is 1.31. The molecule has 1 rings (SSSR count). The number of quaternary nitrogens is 1. The minimum absolute atomic E-state index is 0.983. The SMILES string of the molecule is CN1C=C[N+](C)(C)C1. The lowest BCUT2D eigenvalue weighted by molar-refractivity contribution is -0.840. The van der Waals surface area contributed by atoms with Crippen LogP contribution in [-0.4, -0.2) is 37.2 Å². The van der Waals surface area contributed by atoms with Gasteiger partial charge in [0.1, 0.15) is 6.20 Å².